The van der Waals surface area contributed by atoms with Gasteiger partial charge in [-0.2, -0.15) is 0 Å². The van der Waals surface area contributed by atoms with E-state index in [0.717, 1.165) is 81.0 Å². The lowest BCUT2D eigenvalue weighted by molar-refractivity contribution is -0.163. The first-order valence-corrected chi connectivity index (χ1v) is 19.5. The molecule has 0 radical (unpaired) electrons. The van der Waals surface area contributed by atoms with Crippen molar-refractivity contribution in [3.8, 4) is 0 Å². The molecule has 0 bridgehead atoms. The Hall–Kier alpha value is -2.97. The third-order valence-corrected chi connectivity index (χ3v) is 12.9. The highest BCUT2D eigenvalue weighted by Gasteiger charge is 2.59. The first-order chi connectivity index (χ1) is 24.0. The molecule has 3 fully saturated rings. The van der Waals surface area contributed by atoms with Crippen molar-refractivity contribution in [3.63, 3.8) is 0 Å². The van der Waals surface area contributed by atoms with Crippen LogP contribution >= 0.6 is 11.6 Å². The standard InChI is InChI=1S/C41H56ClN3O5/c1-5-45(20-6-7-27(3)44-35-18-19-43-36-24-29(42)9-12-33(35)36)21-22-49-38(47)16-17-39(48)50-37-15-14-34-32-11-8-28-23-30(46)10-13-31(28)40(32)26(2)25-41(34,37)4/h9,12,18-19,23-24,26-27,31-32,34,37,40H,5-8,10-11,13-17,20-22,25H2,1-4H3,(H,43,44). The summed E-state index contributed by atoms with van der Waals surface area (Å²) in [6.07, 6.45) is 12.7. The zero-order valence-corrected chi connectivity index (χ0v) is 31.2. The molecule has 0 spiro atoms. The first-order valence-electron chi connectivity index (χ1n) is 19.2. The van der Waals surface area contributed by atoms with E-state index in [0.29, 0.717) is 60.0 Å². The number of halogens is 1. The predicted molar refractivity (Wildman–Crippen MR) is 198 cm³/mol. The summed E-state index contributed by atoms with van der Waals surface area (Å²) < 4.78 is 11.7. The van der Waals surface area contributed by atoms with Gasteiger partial charge in [-0.25, -0.2) is 0 Å². The molecule has 8 unspecified atom stereocenters. The number of hydrogen-bond donors (Lipinski definition) is 1. The quantitative estimate of drug-likeness (QED) is 0.196. The van der Waals surface area contributed by atoms with Crippen molar-refractivity contribution in [1.82, 2.24) is 9.88 Å². The maximum Gasteiger partial charge on any atom is 0.306 e. The summed E-state index contributed by atoms with van der Waals surface area (Å²) in [5.41, 5.74) is 3.31. The van der Waals surface area contributed by atoms with Crippen LogP contribution in [0.1, 0.15) is 98.3 Å². The molecule has 272 valence electrons. The van der Waals surface area contributed by atoms with Crippen molar-refractivity contribution >= 4 is 45.9 Å². The monoisotopic (exact) mass is 705 g/mol. The molecule has 4 aliphatic carbocycles. The van der Waals surface area contributed by atoms with Gasteiger partial charge < -0.3 is 19.7 Å². The molecule has 1 N–H and O–H groups in total. The van der Waals surface area contributed by atoms with E-state index in [9.17, 15) is 14.4 Å². The van der Waals surface area contributed by atoms with Crippen LogP contribution in [0.4, 0.5) is 5.69 Å². The Balaban J connectivity index is 0.886. The molecule has 8 atom stereocenters. The molecule has 9 heteroatoms. The van der Waals surface area contributed by atoms with Gasteiger partial charge in [0.2, 0.25) is 0 Å². The smallest absolute Gasteiger partial charge is 0.306 e. The van der Waals surface area contributed by atoms with Crippen LogP contribution in [-0.2, 0) is 23.9 Å². The minimum atomic E-state index is -0.344. The molecule has 8 nitrogen and oxygen atoms in total. The fourth-order valence-corrected chi connectivity index (χ4v) is 10.5. The fraction of sp³-hybridized carbons (Fsp3) is 0.659. The molecule has 2 aromatic rings. The maximum atomic E-state index is 13.0. The number of nitrogens with zero attached hydrogens (tertiary/aromatic N) is 2. The van der Waals surface area contributed by atoms with Crippen molar-refractivity contribution in [2.75, 3.05) is 31.6 Å². The molecule has 0 saturated heterocycles. The molecule has 4 aliphatic rings. The predicted octanol–water partition coefficient (Wildman–Crippen LogP) is 8.41. The van der Waals surface area contributed by atoms with Gasteiger partial charge in [0.25, 0.3) is 0 Å². The minimum absolute atomic E-state index is 0.0257. The lowest BCUT2D eigenvalue weighted by Gasteiger charge is -2.56. The summed E-state index contributed by atoms with van der Waals surface area (Å²) >= 11 is 6.14. The number of carbonyl (C=O) groups excluding carboxylic acids is 3. The van der Waals surface area contributed by atoms with Crippen molar-refractivity contribution in [1.29, 1.82) is 0 Å². The van der Waals surface area contributed by atoms with Gasteiger partial charge in [-0.1, -0.05) is 37.9 Å². The average molecular weight is 706 g/mol. The average Bonchev–Trinajstić information content (AvgIpc) is 3.40. The lowest BCUT2D eigenvalue weighted by Crippen LogP contribution is -2.51. The van der Waals surface area contributed by atoms with Crippen LogP contribution in [0.5, 0.6) is 0 Å². The van der Waals surface area contributed by atoms with Crippen molar-refractivity contribution < 1.29 is 23.9 Å². The van der Waals surface area contributed by atoms with Crippen LogP contribution in [0.25, 0.3) is 10.9 Å². The number of likely N-dealkylation sites (N-methyl/N-ethyl adjacent to an activating group) is 1. The second-order valence-corrected chi connectivity index (χ2v) is 16.3. The van der Waals surface area contributed by atoms with Crippen LogP contribution in [-0.4, -0.2) is 66.0 Å². The number of aromatic nitrogens is 1. The molecule has 1 aromatic heterocycles. The fourth-order valence-electron chi connectivity index (χ4n) is 10.3. The molecule has 3 saturated carbocycles. The van der Waals surface area contributed by atoms with Gasteiger partial charge in [0.1, 0.15) is 12.7 Å². The van der Waals surface area contributed by atoms with Crippen LogP contribution in [0.15, 0.2) is 42.1 Å². The van der Waals surface area contributed by atoms with E-state index in [-0.39, 0.29) is 42.3 Å². The molecule has 1 heterocycles. The van der Waals surface area contributed by atoms with Gasteiger partial charge in [0.15, 0.2) is 5.78 Å². The highest BCUT2D eigenvalue weighted by Crippen LogP contribution is 2.64. The number of pyridine rings is 1. The molecule has 6 rings (SSSR count). The van der Waals surface area contributed by atoms with Gasteiger partial charge in [-0.05, 0) is 131 Å². The number of fused-ring (bicyclic) bond motifs is 6. The van der Waals surface area contributed by atoms with E-state index in [2.05, 4.69) is 42.9 Å². The maximum absolute atomic E-state index is 13.0. The molecule has 1 aromatic carbocycles. The van der Waals surface area contributed by atoms with Gasteiger partial charge in [-0.3, -0.25) is 19.4 Å². The number of benzene rings is 1. The molecular weight excluding hydrogens is 650 g/mol. The third kappa shape index (κ3) is 8.22. The normalized spacial score (nSPS) is 29.5. The lowest BCUT2D eigenvalue weighted by atomic mass is 9.49. The summed E-state index contributed by atoms with van der Waals surface area (Å²) in [5.74, 6) is 2.57. The van der Waals surface area contributed by atoms with Crippen LogP contribution in [0, 0.1) is 35.0 Å². The molecule has 50 heavy (non-hydrogen) atoms. The van der Waals surface area contributed by atoms with E-state index >= 15 is 0 Å². The summed E-state index contributed by atoms with van der Waals surface area (Å²) in [7, 11) is 0. The van der Waals surface area contributed by atoms with Gasteiger partial charge >= 0.3 is 11.9 Å². The number of anilines is 1. The molecular formula is C41H56ClN3O5. The number of hydrogen-bond acceptors (Lipinski definition) is 8. The second kappa shape index (κ2) is 16.1. The Bertz CT molecular complexity index is 1580. The Kier molecular flexibility index (Phi) is 11.9. The Morgan fingerprint density at radius 2 is 1.92 bits per heavy atom. The second-order valence-electron chi connectivity index (χ2n) is 15.8. The number of esters is 2. The van der Waals surface area contributed by atoms with E-state index in [1.54, 1.807) is 6.20 Å². The zero-order chi connectivity index (χ0) is 35.4. The number of ether oxygens (including phenoxy) is 2. The van der Waals surface area contributed by atoms with Crippen LogP contribution in [0.3, 0.4) is 0 Å². The topological polar surface area (TPSA) is 97.8 Å². The third-order valence-electron chi connectivity index (χ3n) is 12.7. The van der Waals surface area contributed by atoms with E-state index in [1.165, 1.54) is 5.57 Å². The minimum Gasteiger partial charge on any atom is -0.464 e. The highest BCUT2D eigenvalue weighted by atomic mass is 35.5. The van der Waals surface area contributed by atoms with Crippen molar-refractivity contribution in [3.05, 3.63) is 47.1 Å². The van der Waals surface area contributed by atoms with Gasteiger partial charge in [-0.15, -0.1) is 0 Å². The number of ketones is 1. The number of allylic oxidation sites excluding steroid dienone is 1. The van der Waals surface area contributed by atoms with Crippen LogP contribution in [0.2, 0.25) is 5.02 Å². The zero-order valence-electron chi connectivity index (χ0n) is 30.4. The van der Waals surface area contributed by atoms with Crippen molar-refractivity contribution in [2.45, 2.75) is 110 Å². The summed E-state index contributed by atoms with van der Waals surface area (Å²) in [6.45, 7) is 11.8. The first kappa shape index (κ1) is 36.8. The summed E-state index contributed by atoms with van der Waals surface area (Å²) in [5, 5.41) is 5.36. The number of carbonyl (C=O) groups is 3. The SMILES string of the molecule is CCN(CCCC(C)Nc1ccnc2cc(Cl)ccc12)CCOC(=O)CCC(=O)OC1CCC2C3CCC4=CC(=O)CCC4C3C(C)CC12C. The van der Waals surface area contributed by atoms with Crippen molar-refractivity contribution in [2.24, 2.45) is 35.0 Å². The largest absolute Gasteiger partial charge is 0.464 e. The summed E-state index contributed by atoms with van der Waals surface area (Å²) in [4.78, 5) is 44.4. The van der Waals surface area contributed by atoms with Crippen LogP contribution < -0.4 is 5.32 Å². The van der Waals surface area contributed by atoms with E-state index in [4.69, 9.17) is 21.1 Å². The Labute approximate surface area is 303 Å². The number of rotatable bonds is 14. The van der Waals surface area contributed by atoms with E-state index in [1.807, 2.05) is 30.3 Å². The van der Waals surface area contributed by atoms with Gasteiger partial charge in [0, 0.05) is 46.7 Å². The Morgan fingerprint density at radius 3 is 2.74 bits per heavy atom. The molecule has 0 amide bonds. The number of nitrogens with one attached hydrogen (secondary N) is 1. The Morgan fingerprint density at radius 1 is 1.10 bits per heavy atom. The highest BCUT2D eigenvalue weighted by molar-refractivity contribution is 6.31. The molecule has 0 aliphatic heterocycles. The van der Waals surface area contributed by atoms with Gasteiger partial charge in [0.05, 0.1) is 18.4 Å². The summed E-state index contributed by atoms with van der Waals surface area (Å²) in [6, 6.07) is 8.06. The van der Waals surface area contributed by atoms with E-state index < -0.39 is 0 Å².